The van der Waals surface area contributed by atoms with Gasteiger partial charge in [-0.25, -0.2) is 4.79 Å². The third-order valence-electron chi connectivity index (χ3n) is 3.81. The Hall–Kier alpha value is -3.42. The van der Waals surface area contributed by atoms with E-state index in [1.54, 1.807) is 47.5 Å². The quantitative estimate of drug-likeness (QED) is 0.686. The maximum Gasteiger partial charge on any atom is 0.337 e. The maximum atomic E-state index is 12.3. The molecule has 26 heavy (non-hydrogen) atoms. The van der Waals surface area contributed by atoms with Gasteiger partial charge in [0.05, 0.1) is 37.3 Å². The number of carbonyl (C=O) groups excluding carboxylic acids is 2. The SMILES string of the molecule is CCn1cc(Cn2cc(NC(=O)c3ccc(C(=O)OC)cc3)cn2)cn1. The summed E-state index contributed by atoms with van der Waals surface area (Å²) in [6, 6.07) is 6.25. The van der Waals surface area contributed by atoms with E-state index in [1.807, 2.05) is 17.8 Å². The fourth-order valence-corrected chi connectivity index (χ4v) is 2.44. The molecule has 0 bridgehead atoms. The van der Waals surface area contributed by atoms with Crippen LogP contribution < -0.4 is 5.32 Å². The van der Waals surface area contributed by atoms with Gasteiger partial charge in [-0.15, -0.1) is 0 Å². The first-order valence-corrected chi connectivity index (χ1v) is 8.12. The summed E-state index contributed by atoms with van der Waals surface area (Å²) < 4.78 is 8.21. The lowest BCUT2D eigenvalue weighted by atomic mass is 10.1. The number of esters is 1. The molecule has 134 valence electrons. The highest BCUT2D eigenvalue weighted by Gasteiger charge is 2.10. The average molecular weight is 353 g/mol. The number of aromatic nitrogens is 4. The highest BCUT2D eigenvalue weighted by molar-refractivity contribution is 6.04. The van der Waals surface area contributed by atoms with Crippen molar-refractivity contribution in [1.82, 2.24) is 19.6 Å². The van der Waals surface area contributed by atoms with Crippen LogP contribution in [0.1, 0.15) is 33.2 Å². The van der Waals surface area contributed by atoms with Gasteiger partial charge in [0.1, 0.15) is 0 Å². The van der Waals surface area contributed by atoms with E-state index in [0.717, 1.165) is 12.1 Å². The van der Waals surface area contributed by atoms with Gasteiger partial charge in [0.25, 0.3) is 5.91 Å². The smallest absolute Gasteiger partial charge is 0.337 e. The number of rotatable bonds is 6. The molecule has 0 aliphatic carbocycles. The van der Waals surface area contributed by atoms with Gasteiger partial charge in [-0.05, 0) is 31.2 Å². The van der Waals surface area contributed by atoms with Crippen LogP contribution in [-0.4, -0.2) is 38.5 Å². The van der Waals surface area contributed by atoms with Crippen molar-refractivity contribution in [3.05, 3.63) is 65.7 Å². The molecule has 3 rings (SSSR count). The van der Waals surface area contributed by atoms with Crippen LogP contribution in [0, 0.1) is 0 Å². The second-order valence-electron chi connectivity index (χ2n) is 5.65. The van der Waals surface area contributed by atoms with Crippen molar-refractivity contribution >= 4 is 17.6 Å². The van der Waals surface area contributed by atoms with E-state index < -0.39 is 5.97 Å². The summed E-state index contributed by atoms with van der Waals surface area (Å²) in [4.78, 5) is 23.7. The summed E-state index contributed by atoms with van der Waals surface area (Å²) in [5, 5.41) is 11.3. The summed E-state index contributed by atoms with van der Waals surface area (Å²) in [7, 11) is 1.31. The van der Waals surface area contributed by atoms with Crippen LogP contribution in [0.5, 0.6) is 0 Å². The van der Waals surface area contributed by atoms with Gasteiger partial charge in [-0.3, -0.25) is 14.2 Å². The Labute approximate surface area is 150 Å². The fraction of sp³-hybridized carbons (Fsp3) is 0.222. The molecule has 0 unspecified atom stereocenters. The van der Waals surface area contributed by atoms with Crippen LogP contribution >= 0.6 is 0 Å². The van der Waals surface area contributed by atoms with Crippen molar-refractivity contribution in [1.29, 1.82) is 0 Å². The number of anilines is 1. The van der Waals surface area contributed by atoms with Crippen LogP contribution in [0.15, 0.2) is 49.1 Å². The molecular formula is C18H19N5O3. The van der Waals surface area contributed by atoms with Crippen molar-refractivity contribution < 1.29 is 14.3 Å². The number of aryl methyl sites for hydroxylation is 1. The lowest BCUT2D eigenvalue weighted by Gasteiger charge is -2.04. The molecule has 1 N–H and O–H groups in total. The number of ether oxygens (including phenoxy) is 1. The molecule has 0 aliphatic heterocycles. The summed E-state index contributed by atoms with van der Waals surface area (Å²) in [6.07, 6.45) is 7.10. The Morgan fingerprint density at radius 3 is 2.38 bits per heavy atom. The predicted molar refractivity (Wildman–Crippen MR) is 95.0 cm³/mol. The zero-order chi connectivity index (χ0) is 18.5. The lowest BCUT2D eigenvalue weighted by molar-refractivity contribution is 0.0600. The summed E-state index contributed by atoms with van der Waals surface area (Å²) in [5.41, 5.74) is 2.46. The largest absolute Gasteiger partial charge is 0.465 e. The van der Waals surface area contributed by atoms with Crippen molar-refractivity contribution in [2.24, 2.45) is 0 Å². The standard InChI is InChI=1S/C18H19N5O3/c1-3-22-10-13(8-19-22)11-23-12-16(9-20-23)21-17(24)14-4-6-15(7-5-14)18(25)26-2/h4-10,12H,3,11H2,1-2H3,(H,21,24). The summed E-state index contributed by atoms with van der Waals surface area (Å²) in [5.74, 6) is -0.718. The van der Waals surface area contributed by atoms with E-state index in [2.05, 4.69) is 20.3 Å². The van der Waals surface area contributed by atoms with Crippen LogP contribution in [0.4, 0.5) is 5.69 Å². The van der Waals surface area contributed by atoms with Gasteiger partial charge in [0.15, 0.2) is 0 Å². The molecule has 0 saturated heterocycles. The van der Waals surface area contributed by atoms with Crippen LogP contribution in [0.3, 0.4) is 0 Å². The number of amides is 1. The van der Waals surface area contributed by atoms with Crippen LogP contribution in [0.2, 0.25) is 0 Å². The molecule has 2 aromatic heterocycles. The van der Waals surface area contributed by atoms with E-state index in [-0.39, 0.29) is 5.91 Å². The molecule has 0 fully saturated rings. The number of nitrogens with one attached hydrogen (secondary N) is 1. The fourth-order valence-electron chi connectivity index (χ4n) is 2.44. The predicted octanol–water partition coefficient (Wildman–Crippen LogP) is 2.19. The minimum absolute atomic E-state index is 0.278. The Morgan fingerprint density at radius 2 is 1.73 bits per heavy atom. The minimum Gasteiger partial charge on any atom is -0.465 e. The summed E-state index contributed by atoms with van der Waals surface area (Å²) in [6.45, 7) is 3.41. The Morgan fingerprint density at radius 1 is 1.04 bits per heavy atom. The zero-order valence-corrected chi connectivity index (χ0v) is 14.5. The first kappa shape index (κ1) is 17.4. The normalized spacial score (nSPS) is 10.5. The van der Waals surface area contributed by atoms with Crippen LogP contribution in [-0.2, 0) is 17.8 Å². The van der Waals surface area contributed by atoms with Gasteiger partial charge in [0, 0.05) is 30.1 Å². The number of methoxy groups -OCH3 is 1. The van der Waals surface area contributed by atoms with E-state index >= 15 is 0 Å². The Balaban J connectivity index is 1.62. The van der Waals surface area contributed by atoms with Crippen molar-refractivity contribution in [3.63, 3.8) is 0 Å². The van der Waals surface area contributed by atoms with Gasteiger partial charge >= 0.3 is 5.97 Å². The molecule has 0 radical (unpaired) electrons. The lowest BCUT2D eigenvalue weighted by Crippen LogP contribution is -2.12. The third-order valence-corrected chi connectivity index (χ3v) is 3.81. The van der Waals surface area contributed by atoms with Crippen LogP contribution in [0.25, 0.3) is 0 Å². The molecule has 0 saturated carbocycles. The molecule has 8 nitrogen and oxygen atoms in total. The average Bonchev–Trinajstić information content (AvgIpc) is 3.30. The number of nitrogens with zero attached hydrogens (tertiary/aromatic N) is 4. The summed E-state index contributed by atoms with van der Waals surface area (Å²) >= 11 is 0. The van der Waals surface area contributed by atoms with E-state index in [9.17, 15) is 9.59 Å². The van der Waals surface area contributed by atoms with Gasteiger partial charge in [-0.2, -0.15) is 10.2 Å². The third kappa shape index (κ3) is 3.97. The molecular weight excluding hydrogens is 334 g/mol. The van der Waals surface area contributed by atoms with Gasteiger partial charge < -0.3 is 10.1 Å². The topological polar surface area (TPSA) is 91.0 Å². The molecule has 0 spiro atoms. The molecule has 2 heterocycles. The Bertz CT molecular complexity index is 911. The van der Waals surface area contributed by atoms with Gasteiger partial charge in [-0.1, -0.05) is 0 Å². The van der Waals surface area contributed by atoms with Crippen molar-refractivity contribution in [2.75, 3.05) is 12.4 Å². The number of hydrogen-bond acceptors (Lipinski definition) is 5. The van der Waals surface area contributed by atoms with Crippen molar-refractivity contribution in [2.45, 2.75) is 20.0 Å². The van der Waals surface area contributed by atoms with Gasteiger partial charge in [0.2, 0.25) is 0 Å². The molecule has 0 atom stereocenters. The molecule has 8 heteroatoms. The Kier molecular flexibility index (Phi) is 5.12. The van der Waals surface area contributed by atoms with E-state index in [1.165, 1.54) is 7.11 Å². The minimum atomic E-state index is -0.440. The van der Waals surface area contributed by atoms with Crippen molar-refractivity contribution in [3.8, 4) is 0 Å². The maximum absolute atomic E-state index is 12.3. The second-order valence-corrected chi connectivity index (χ2v) is 5.65. The second kappa shape index (κ2) is 7.64. The highest BCUT2D eigenvalue weighted by Crippen LogP contribution is 2.11. The zero-order valence-electron chi connectivity index (χ0n) is 14.5. The number of carbonyl (C=O) groups is 2. The molecule has 0 aliphatic rings. The molecule has 3 aromatic rings. The number of hydrogen-bond donors (Lipinski definition) is 1. The first-order valence-electron chi connectivity index (χ1n) is 8.12. The monoisotopic (exact) mass is 353 g/mol. The molecule has 1 aromatic carbocycles. The van der Waals surface area contributed by atoms with E-state index in [0.29, 0.717) is 23.4 Å². The number of benzene rings is 1. The van der Waals surface area contributed by atoms with E-state index in [4.69, 9.17) is 0 Å². The molecule has 1 amide bonds. The first-order chi connectivity index (χ1) is 12.6. The highest BCUT2D eigenvalue weighted by atomic mass is 16.5.